The van der Waals surface area contributed by atoms with Crippen LogP contribution in [-0.4, -0.2) is 7.11 Å². The predicted molar refractivity (Wildman–Crippen MR) is 96.3 cm³/mol. The maximum absolute atomic E-state index is 5.22. The maximum Gasteiger partial charge on any atom is 0.118 e. The van der Waals surface area contributed by atoms with Crippen LogP contribution in [0.4, 0.5) is 0 Å². The van der Waals surface area contributed by atoms with Crippen molar-refractivity contribution >= 4 is 19.2 Å². The van der Waals surface area contributed by atoms with E-state index >= 15 is 0 Å². The highest BCUT2D eigenvalue weighted by Gasteiger charge is 2.04. The van der Waals surface area contributed by atoms with E-state index in [1.807, 2.05) is 12.1 Å². The Hall–Kier alpha value is -2.11. The zero-order valence-electron chi connectivity index (χ0n) is 12.6. The average molecular weight is 306 g/mol. The highest BCUT2D eigenvalue weighted by Crippen LogP contribution is 2.18. The topological polar surface area (TPSA) is 9.23 Å². The highest BCUT2D eigenvalue weighted by atomic mass is 31.1. The van der Waals surface area contributed by atoms with Crippen LogP contribution < -0.4 is 15.3 Å². The molecule has 3 aromatic rings. The molecule has 110 valence electrons. The SMILES string of the molecule is COc1ccc(Cc2ccccc2Pc2ccccc2)cc1. The quantitative estimate of drug-likeness (QED) is 0.649. The van der Waals surface area contributed by atoms with E-state index in [2.05, 4.69) is 66.7 Å². The van der Waals surface area contributed by atoms with Gasteiger partial charge in [-0.1, -0.05) is 75.3 Å². The van der Waals surface area contributed by atoms with Gasteiger partial charge in [0.2, 0.25) is 0 Å². The average Bonchev–Trinajstić information content (AvgIpc) is 2.58. The van der Waals surface area contributed by atoms with Crippen molar-refractivity contribution in [2.75, 3.05) is 7.11 Å². The van der Waals surface area contributed by atoms with Gasteiger partial charge in [0.05, 0.1) is 7.11 Å². The molecule has 0 N–H and O–H groups in total. The summed E-state index contributed by atoms with van der Waals surface area (Å²) in [6.45, 7) is 0. The minimum absolute atomic E-state index is 0.700. The number of methoxy groups -OCH3 is 1. The van der Waals surface area contributed by atoms with Crippen molar-refractivity contribution in [1.82, 2.24) is 0 Å². The van der Waals surface area contributed by atoms with Crippen LogP contribution in [0.3, 0.4) is 0 Å². The van der Waals surface area contributed by atoms with E-state index in [1.54, 1.807) is 7.11 Å². The fraction of sp³-hybridized carbons (Fsp3) is 0.100. The Kier molecular flexibility index (Phi) is 4.88. The van der Waals surface area contributed by atoms with Gasteiger partial charge in [-0.25, -0.2) is 0 Å². The molecule has 22 heavy (non-hydrogen) atoms. The summed E-state index contributed by atoms with van der Waals surface area (Å²) < 4.78 is 5.22. The van der Waals surface area contributed by atoms with E-state index in [0.29, 0.717) is 8.58 Å². The molecule has 3 aromatic carbocycles. The molecule has 1 unspecified atom stereocenters. The van der Waals surface area contributed by atoms with Crippen LogP contribution >= 0.6 is 8.58 Å². The summed E-state index contributed by atoms with van der Waals surface area (Å²) in [6, 6.07) is 27.7. The van der Waals surface area contributed by atoms with Gasteiger partial charge in [-0.3, -0.25) is 0 Å². The van der Waals surface area contributed by atoms with E-state index < -0.39 is 0 Å². The fourth-order valence-electron chi connectivity index (χ4n) is 2.44. The summed E-state index contributed by atoms with van der Waals surface area (Å²) in [6.07, 6.45) is 0.958. The third-order valence-corrected chi connectivity index (χ3v) is 5.00. The molecule has 0 aromatic heterocycles. The zero-order chi connectivity index (χ0) is 15.2. The molecule has 0 fully saturated rings. The highest BCUT2D eigenvalue weighted by molar-refractivity contribution is 7.55. The molecule has 2 heteroatoms. The summed E-state index contributed by atoms with van der Waals surface area (Å²) in [4.78, 5) is 0. The maximum atomic E-state index is 5.22. The smallest absolute Gasteiger partial charge is 0.118 e. The first-order valence-electron chi connectivity index (χ1n) is 7.38. The molecule has 0 amide bonds. The lowest BCUT2D eigenvalue weighted by Gasteiger charge is -2.10. The van der Waals surface area contributed by atoms with Crippen molar-refractivity contribution < 1.29 is 4.74 Å². The van der Waals surface area contributed by atoms with Crippen molar-refractivity contribution in [1.29, 1.82) is 0 Å². The summed E-state index contributed by atoms with van der Waals surface area (Å²) in [7, 11) is 2.40. The molecule has 0 radical (unpaired) electrons. The molecule has 1 nitrogen and oxygen atoms in total. The van der Waals surface area contributed by atoms with Crippen LogP contribution in [0.5, 0.6) is 5.75 Å². The van der Waals surface area contributed by atoms with Crippen LogP contribution in [0.2, 0.25) is 0 Å². The molecule has 0 spiro atoms. The van der Waals surface area contributed by atoms with Gasteiger partial charge in [0.25, 0.3) is 0 Å². The van der Waals surface area contributed by atoms with Gasteiger partial charge in [0, 0.05) is 0 Å². The van der Waals surface area contributed by atoms with Gasteiger partial charge in [-0.2, -0.15) is 0 Å². The Balaban J connectivity index is 1.81. The first kappa shape index (κ1) is 14.8. The van der Waals surface area contributed by atoms with Gasteiger partial charge in [-0.05, 0) is 40.3 Å². The molecule has 0 aliphatic rings. The second kappa shape index (κ2) is 7.24. The first-order chi connectivity index (χ1) is 10.8. The molecular weight excluding hydrogens is 287 g/mol. The molecule has 0 saturated carbocycles. The van der Waals surface area contributed by atoms with Gasteiger partial charge < -0.3 is 4.74 Å². The number of hydrogen-bond donors (Lipinski definition) is 0. The largest absolute Gasteiger partial charge is 0.497 e. The molecule has 0 bridgehead atoms. The lowest BCUT2D eigenvalue weighted by molar-refractivity contribution is 0.414. The molecule has 0 aliphatic carbocycles. The lowest BCUT2D eigenvalue weighted by Crippen LogP contribution is -2.09. The van der Waals surface area contributed by atoms with Gasteiger partial charge in [0.15, 0.2) is 0 Å². The minimum Gasteiger partial charge on any atom is -0.497 e. The van der Waals surface area contributed by atoms with Crippen LogP contribution in [0.1, 0.15) is 11.1 Å². The predicted octanol–water partition coefficient (Wildman–Crippen LogP) is 3.92. The van der Waals surface area contributed by atoms with E-state index in [0.717, 1.165) is 12.2 Å². The van der Waals surface area contributed by atoms with Gasteiger partial charge >= 0.3 is 0 Å². The second-order valence-electron chi connectivity index (χ2n) is 5.17. The van der Waals surface area contributed by atoms with Gasteiger partial charge in [0.1, 0.15) is 5.75 Å². The standard InChI is InChI=1S/C20H19OP/c1-21-18-13-11-16(12-14-18)15-17-7-5-6-10-20(17)22-19-8-3-2-4-9-19/h2-14,22H,15H2,1H3. The van der Waals surface area contributed by atoms with Gasteiger partial charge in [-0.15, -0.1) is 0 Å². The van der Waals surface area contributed by atoms with E-state index in [1.165, 1.54) is 21.7 Å². The van der Waals surface area contributed by atoms with Crippen LogP contribution in [-0.2, 0) is 6.42 Å². The van der Waals surface area contributed by atoms with Crippen LogP contribution in [0.15, 0.2) is 78.9 Å². The van der Waals surface area contributed by atoms with Crippen molar-refractivity contribution in [3.63, 3.8) is 0 Å². The number of ether oxygens (including phenoxy) is 1. The molecule has 0 saturated heterocycles. The number of rotatable bonds is 5. The normalized spacial score (nSPS) is 11.0. The molecule has 1 atom stereocenters. The molecule has 0 heterocycles. The summed E-state index contributed by atoms with van der Waals surface area (Å²) in [5.41, 5.74) is 2.71. The Morgan fingerprint density at radius 1 is 0.773 bits per heavy atom. The van der Waals surface area contributed by atoms with Crippen molar-refractivity contribution in [3.8, 4) is 5.75 Å². The second-order valence-corrected chi connectivity index (χ2v) is 6.54. The summed E-state index contributed by atoms with van der Waals surface area (Å²) in [5.74, 6) is 0.906. The Labute approximate surface area is 133 Å². The lowest BCUT2D eigenvalue weighted by atomic mass is 10.1. The van der Waals surface area contributed by atoms with Crippen LogP contribution in [0, 0.1) is 0 Å². The van der Waals surface area contributed by atoms with E-state index in [4.69, 9.17) is 4.74 Å². The van der Waals surface area contributed by atoms with E-state index in [-0.39, 0.29) is 0 Å². The Morgan fingerprint density at radius 3 is 2.18 bits per heavy atom. The van der Waals surface area contributed by atoms with Crippen molar-refractivity contribution in [2.45, 2.75) is 6.42 Å². The molecule has 3 rings (SSSR count). The summed E-state index contributed by atoms with van der Waals surface area (Å²) in [5, 5.41) is 2.80. The minimum atomic E-state index is 0.700. The zero-order valence-corrected chi connectivity index (χ0v) is 13.6. The third kappa shape index (κ3) is 3.75. The van der Waals surface area contributed by atoms with E-state index in [9.17, 15) is 0 Å². The van der Waals surface area contributed by atoms with Crippen molar-refractivity contribution in [2.24, 2.45) is 0 Å². The molecule has 0 aliphatic heterocycles. The van der Waals surface area contributed by atoms with Crippen molar-refractivity contribution in [3.05, 3.63) is 90.0 Å². The summed E-state index contributed by atoms with van der Waals surface area (Å²) >= 11 is 0. The third-order valence-electron chi connectivity index (χ3n) is 3.62. The number of hydrogen-bond acceptors (Lipinski definition) is 1. The fourth-order valence-corrected chi connectivity index (χ4v) is 3.62. The Bertz CT molecular complexity index is 720. The van der Waals surface area contributed by atoms with Crippen LogP contribution in [0.25, 0.3) is 0 Å². The monoisotopic (exact) mass is 306 g/mol. The first-order valence-corrected chi connectivity index (χ1v) is 8.38. The molecular formula is C20H19OP. The Morgan fingerprint density at radius 2 is 1.45 bits per heavy atom. The number of benzene rings is 3.